The highest BCUT2D eigenvalue weighted by Crippen LogP contribution is 2.24. The zero-order valence-corrected chi connectivity index (χ0v) is 18.9. The Morgan fingerprint density at radius 3 is 2.09 bits per heavy atom. The normalized spacial score (nSPS) is 11.1. The maximum atomic E-state index is 14.3. The molecular weight excluding hydrogens is 467 g/mol. The molecule has 12 heteroatoms. The van der Waals surface area contributed by atoms with Crippen molar-refractivity contribution in [3.8, 4) is 5.75 Å². The molecule has 0 bridgehead atoms. The van der Waals surface area contributed by atoms with Crippen LogP contribution in [0, 0.1) is 15.9 Å². The lowest BCUT2D eigenvalue weighted by atomic mass is 10.3. The molecule has 0 saturated carbocycles. The highest BCUT2D eigenvalue weighted by molar-refractivity contribution is 7.92. The average molecular weight is 488 g/mol. The van der Waals surface area contributed by atoms with Crippen LogP contribution in [0.15, 0.2) is 71.6 Å². The molecule has 0 spiro atoms. The van der Waals surface area contributed by atoms with Crippen LogP contribution >= 0.6 is 0 Å². The number of nitrogens with one attached hydrogen (secondary N) is 3. The fourth-order valence-corrected chi connectivity index (χ4v) is 3.99. The van der Waals surface area contributed by atoms with Crippen molar-refractivity contribution in [1.29, 1.82) is 0 Å². The SMILES string of the molecule is CC(C)Oc1ccc(NS(=O)(=O)c2cc(NC(=O)Nc3ccc([N+](=O)[O-])cc3)ccc2F)cc1. The van der Waals surface area contributed by atoms with E-state index in [4.69, 9.17) is 4.74 Å². The number of nitrogens with zero attached hydrogens (tertiary/aromatic N) is 1. The van der Waals surface area contributed by atoms with Gasteiger partial charge in [0.2, 0.25) is 0 Å². The second-order valence-corrected chi connectivity index (χ2v) is 8.98. The summed E-state index contributed by atoms with van der Waals surface area (Å²) in [5.74, 6) is -0.456. The lowest BCUT2D eigenvalue weighted by molar-refractivity contribution is -0.384. The number of hydrogen-bond donors (Lipinski definition) is 3. The fourth-order valence-electron chi connectivity index (χ4n) is 2.83. The molecule has 0 atom stereocenters. The summed E-state index contributed by atoms with van der Waals surface area (Å²) in [5, 5.41) is 15.5. The fraction of sp³-hybridized carbons (Fsp3) is 0.136. The molecule has 0 fully saturated rings. The first-order valence-electron chi connectivity index (χ1n) is 9.95. The van der Waals surface area contributed by atoms with Crippen LogP contribution in [0.3, 0.4) is 0 Å². The van der Waals surface area contributed by atoms with Crippen molar-refractivity contribution in [2.45, 2.75) is 24.8 Å². The number of carbonyl (C=O) groups excluding carboxylic acids is 1. The van der Waals surface area contributed by atoms with Gasteiger partial charge in [-0.3, -0.25) is 14.8 Å². The lowest BCUT2D eigenvalue weighted by Gasteiger charge is -2.13. The van der Waals surface area contributed by atoms with Gasteiger partial charge < -0.3 is 15.4 Å². The highest BCUT2D eigenvalue weighted by atomic mass is 32.2. The molecule has 0 aliphatic rings. The minimum absolute atomic E-state index is 0.0156. The van der Waals surface area contributed by atoms with Crippen LogP contribution in [0.4, 0.5) is 31.9 Å². The van der Waals surface area contributed by atoms with Crippen molar-refractivity contribution in [1.82, 2.24) is 0 Å². The predicted molar refractivity (Wildman–Crippen MR) is 125 cm³/mol. The molecule has 3 aromatic carbocycles. The summed E-state index contributed by atoms with van der Waals surface area (Å²) < 4.78 is 47.6. The molecule has 0 unspecified atom stereocenters. The molecule has 0 heterocycles. The molecule has 178 valence electrons. The number of benzene rings is 3. The van der Waals surface area contributed by atoms with Gasteiger partial charge in [0.25, 0.3) is 15.7 Å². The van der Waals surface area contributed by atoms with Gasteiger partial charge in [-0.05, 0) is 68.4 Å². The monoisotopic (exact) mass is 488 g/mol. The molecule has 3 rings (SSSR count). The molecule has 0 aromatic heterocycles. The molecule has 0 radical (unpaired) electrons. The summed E-state index contributed by atoms with van der Waals surface area (Å²) in [7, 11) is -4.31. The Morgan fingerprint density at radius 2 is 1.50 bits per heavy atom. The van der Waals surface area contributed by atoms with E-state index in [-0.39, 0.29) is 28.9 Å². The molecule has 0 saturated heterocycles. The van der Waals surface area contributed by atoms with Crippen molar-refractivity contribution in [2.24, 2.45) is 0 Å². The molecule has 34 heavy (non-hydrogen) atoms. The highest BCUT2D eigenvalue weighted by Gasteiger charge is 2.20. The van der Waals surface area contributed by atoms with Crippen molar-refractivity contribution < 1.29 is 27.3 Å². The van der Waals surface area contributed by atoms with Crippen LogP contribution < -0.4 is 20.1 Å². The average Bonchev–Trinajstić information content (AvgIpc) is 2.76. The molecule has 3 N–H and O–H groups in total. The summed E-state index contributed by atoms with van der Waals surface area (Å²) in [6.07, 6.45) is -0.0514. The van der Waals surface area contributed by atoms with Gasteiger partial charge in [-0.1, -0.05) is 0 Å². The number of ether oxygens (including phenoxy) is 1. The van der Waals surface area contributed by atoms with Crippen molar-refractivity contribution in [3.63, 3.8) is 0 Å². The second kappa shape index (κ2) is 10.2. The van der Waals surface area contributed by atoms with Gasteiger partial charge in [-0.2, -0.15) is 0 Å². The standard InChI is InChI=1S/C22H21FN4O6S/c1-14(2)33-19-10-5-16(6-11-19)26-34(31,32)21-13-17(7-12-20(21)23)25-22(28)24-15-3-8-18(9-4-15)27(29)30/h3-14,26H,1-2H3,(H2,24,25,28). The van der Waals surface area contributed by atoms with Gasteiger partial charge >= 0.3 is 6.03 Å². The van der Waals surface area contributed by atoms with Gasteiger partial charge in [0, 0.05) is 29.2 Å². The van der Waals surface area contributed by atoms with Crippen LogP contribution in [0.25, 0.3) is 0 Å². The number of anilines is 3. The first-order valence-corrected chi connectivity index (χ1v) is 11.4. The van der Waals surface area contributed by atoms with Crippen molar-refractivity contribution >= 4 is 38.8 Å². The third-order valence-corrected chi connectivity index (χ3v) is 5.69. The predicted octanol–water partition coefficient (Wildman–Crippen LogP) is 4.97. The van der Waals surface area contributed by atoms with Gasteiger partial charge in [0.1, 0.15) is 16.5 Å². The van der Waals surface area contributed by atoms with E-state index in [1.54, 1.807) is 12.1 Å². The van der Waals surface area contributed by atoms with E-state index in [9.17, 15) is 27.7 Å². The van der Waals surface area contributed by atoms with Crippen LogP contribution in [-0.2, 0) is 10.0 Å². The Kier molecular flexibility index (Phi) is 7.31. The Labute approximate surface area is 195 Å². The van der Waals surface area contributed by atoms with E-state index in [1.807, 2.05) is 13.8 Å². The van der Waals surface area contributed by atoms with Gasteiger partial charge in [-0.25, -0.2) is 17.6 Å². The van der Waals surface area contributed by atoms with Gasteiger partial charge in [0.05, 0.1) is 11.0 Å². The first-order chi connectivity index (χ1) is 16.0. The number of rotatable bonds is 8. The van der Waals surface area contributed by atoms with E-state index in [2.05, 4.69) is 15.4 Å². The second-order valence-electron chi connectivity index (χ2n) is 7.32. The number of hydrogen-bond acceptors (Lipinski definition) is 6. The number of non-ortho nitro benzene ring substituents is 1. The molecule has 2 amide bonds. The van der Waals surface area contributed by atoms with E-state index < -0.39 is 31.7 Å². The molecule has 10 nitrogen and oxygen atoms in total. The van der Waals surface area contributed by atoms with Crippen LogP contribution in [0.5, 0.6) is 5.75 Å². The van der Waals surface area contributed by atoms with Gasteiger partial charge in [0.15, 0.2) is 0 Å². The molecule has 3 aromatic rings. The maximum absolute atomic E-state index is 14.3. The summed E-state index contributed by atoms with van der Waals surface area (Å²) >= 11 is 0. The van der Waals surface area contributed by atoms with E-state index in [1.165, 1.54) is 42.5 Å². The first kappa shape index (κ1) is 24.5. The van der Waals surface area contributed by atoms with Crippen LogP contribution in [0.1, 0.15) is 13.8 Å². The third kappa shape index (κ3) is 6.42. The Hall–Kier alpha value is -4.19. The van der Waals surface area contributed by atoms with E-state index in [0.29, 0.717) is 5.75 Å². The maximum Gasteiger partial charge on any atom is 0.323 e. The topological polar surface area (TPSA) is 140 Å². The van der Waals surface area contributed by atoms with Crippen LogP contribution in [0.2, 0.25) is 0 Å². The smallest absolute Gasteiger partial charge is 0.323 e. The van der Waals surface area contributed by atoms with E-state index >= 15 is 0 Å². The number of amides is 2. The van der Waals surface area contributed by atoms with Crippen molar-refractivity contribution in [2.75, 3.05) is 15.4 Å². The Balaban J connectivity index is 1.71. The number of nitro benzene ring substituents is 1. The minimum atomic E-state index is -4.31. The summed E-state index contributed by atoms with van der Waals surface area (Å²) in [6, 6.07) is 13.5. The summed E-state index contributed by atoms with van der Waals surface area (Å²) in [4.78, 5) is 21.7. The van der Waals surface area contributed by atoms with E-state index in [0.717, 1.165) is 12.1 Å². The van der Waals surface area contributed by atoms with Gasteiger partial charge in [-0.15, -0.1) is 0 Å². The largest absolute Gasteiger partial charge is 0.491 e. The summed E-state index contributed by atoms with van der Waals surface area (Å²) in [5.41, 5.74) is 0.338. The number of halogens is 1. The van der Waals surface area contributed by atoms with Crippen LogP contribution in [-0.4, -0.2) is 25.5 Å². The zero-order chi connectivity index (χ0) is 24.9. The Morgan fingerprint density at radius 1 is 0.941 bits per heavy atom. The summed E-state index contributed by atoms with van der Waals surface area (Å²) in [6.45, 7) is 3.71. The number of sulfonamides is 1. The number of carbonyl (C=O) groups is 1. The number of urea groups is 1. The molecule has 0 aliphatic heterocycles. The number of nitro groups is 1. The zero-order valence-electron chi connectivity index (χ0n) is 18.1. The van der Waals surface area contributed by atoms with Crippen molar-refractivity contribution in [3.05, 3.63) is 82.7 Å². The molecular formula is C22H21FN4O6S. The lowest BCUT2D eigenvalue weighted by Crippen LogP contribution is -2.20. The minimum Gasteiger partial charge on any atom is -0.491 e. The molecule has 0 aliphatic carbocycles. The third-order valence-electron chi connectivity index (χ3n) is 4.29. The Bertz CT molecular complexity index is 1300. The quantitative estimate of drug-likeness (QED) is 0.302.